The summed E-state index contributed by atoms with van der Waals surface area (Å²) in [6.45, 7) is 9.45. The predicted molar refractivity (Wildman–Crippen MR) is 77.0 cm³/mol. The molecule has 0 spiro atoms. The highest BCUT2D eigenvalue weighted by molar-refractivity contribution is 5.81. The van der Waals surface area contributed by atoms with Crippen LogP contribution in [0.25, 0.3) is 0 Å². The van der Waals surface area contributed by atoms with Crippen LogP contribution >= 0.6 is 0 Å². The number of nitrogens with zero attached hydrogens (tertiary/aromatic N) is 4. The Balaban J connectivity index is 1.85. The van der Waals surface area contributed by atoms with Crippen molar-refractivity contribution in [2.45, 2.75) is 52.7 Å². The molecule has 1 atom stereocenters. The highest BCUT2D eigenvalue weighted by Gasteiger charge is 2.23. The van der Waals surface area contributed by atoms with E-state index in [2.05, 4.69) is 29.2 Å². The molecule has 2 heterocycles. The summed E-state index contributed by atoms with van der Waals surface area (Å²) in [7, 11) is 0. The smallest absolute Gasteiger partial charge is 0.239 e. The van der Waals surface area contributed by atoms with Crippen molar-refractivity contribution in [1.82, 2.24) is 25.0 Å². The van der Waals surface area contributed by atoms with Crippen molar-refractivity contribution in [3.8, 4) is 0 Å². The predicted octanol–water partition coefficient (Wildman–Crippen LogP) is 1.03. The highest BCUT2D eigenvalue weighted by Crippen LogP contribution is 2.09. The summed E-state index contributed by atoms with van der Waals surface area (Å²) >= 11 is 0. The molecule has 0 saturated carbocycles. The summed E-state index contributed by atoms with van der Waals surface area (Å²) in [5.74, 6) is 1.61. The molecular formula is C14H25N5O. The molecule has 1 N–H and O–H groups in total. The Hall–Kier alpha value is -1.43. The fraction of sp³-hybridized carbons (Fsp3) is 0.786. The summed E-state index contributed by atoms with van der Waals surface area (Å²) in [5.41, 5.74) is 0. The summed E-state index contributed by atoms with van der Waals surface area (Å²) in [4.78, 5) is 18.4. The SMILES string of the molecule is CC(C)Cn1ncnc1CNC(C)C(=O)N1CCCC1. The number of carbonyl (C=O) groups excluding carboxylic acids is 1. The number of aromatic nitrogens is 3. The number of nitrogens with one attached hydrogen (secondary N) is 1. The zero-order valence-electron chi connectivity index (χ0n) is 12.7. The van der Waals surface area contributed by atoms with E-state index in [4.69, 9.17) is 0 Å². The molecule has 1 saturated heterocycles. The molecule has 0 radical (unpaired) electrons. The molecule has 1 aliphatic heterocycles. The van der Waals surface area contributed by atoms with Crippen molar-refractivity contribution in [2.75, 3.05) is 13.1 Å². The number of carbonyl (C=O) groups is 1. The van der Waals surface area contributed by atoms with E-state index in [9.17, 15) is 4.79 Å². The zero-order chi connectivity index (χ0) is 14.5. The van der Waals surface area contributed by atoms with E-state index in [1.807, 2.05) is 16.5 Å². The lowest BCUT2D eigenvalue weighted by Crippen LogP contribution is -2.43. The van der Waals surface area contributed by atoms with Gasteiger partial charge in [0, 0.05) is 19.6 Å². The van der Waals surface area contributed by atoms with Gasteiger partial charge < -0.3 is 4.90 Å². The summed E-state index contributed by atoms with van der Waals surface area (Å²) in [6, 6.07) is -0.169. The second-order valence-electron chi connectivity index (χ2n) is 5.89. The fourth-order valence-electron chi connectivity index (χ4n) is 2.47. The average Bonchev–Trinajstić information content (AvgIpc) is 3.05. The molecule has 1 aromatic heterocycles. The standard InChI is InChI=1S/C14H25N5O/c1-11(2)9-19-13(16-10-17-19)8-15-12(3)14(20)18-6-4-5-7-18/h10-12,15H,4-9H2,1-3H3. The second kappa shape index (κ2) is 6.83. The molecule has 2 rings (SSSR count). The maximum atomic E-state index is 12.2. The third kappa shape index (κ3) is 3.79. The molecule has 112 valence electrons. The van der Waals surface area contributed by atoms with E-state index >= 15 is 0 Å². The first-order chi connectivity index (χ1) is 9.58. The zero-order valence-corrected chi connectivity index (χ0v) is 12.7. The molecule has 6 nitrogen and oxygen atoms in total. The van der Waals surface area contributed by atoms with Gasteiger partial charge >= 0.3 is 0 Å². The molecule has 20 heavy (non-hydrogen) atoms. The van der Waals surface area contributed by atoms with Gasteiger partial charge in [0.25, 0.3) is 0 Å². The fourth-order valence-corrected chi connectivity index (χ4v) is 2.47. The Kier molecular flexibility index (Phi) is 5.11. The lowest BCUT2D eigenvalue weighted by Gasteiger charge is -2.21. The van der Waals surface area contributed by atoms with E-state index in [-0.39, 0.29) is 11.9 Å². The first kappa shape index (κ1) is 15.0. The molecular weight excluding hydrogens is 254 g/mol. The van der Waals surface area contributed by atoms with Gasteiger partial charge in [-0.25, -0.2) is 9.67 Å². The van der Waals surface area contributed by atoms with Gasteiger partial charge in [0.05, 0.1) is 12.6 Å². The van der Waals surface area contributed by atoms with E-state index in [0.29, 0.717) is 12.5 Å². The highest BCUT2D eigenvalue weighted by atomic mass is 16.2. The van der Waals surface area contributed by atoms with Crippen LogP contribution < -0.4 is 5.32 Å². The average molecular weight is 279 g/mol. The van der Waals surface area contributed by atoms with Gasteiger partial charge in [-0.15, -0.1) is 0 Å². The molecule has 1 aliphatic rings. The van der Waals surface area contributed by atoms with E-state index in [0.717, 1.165) is 38.3 Å². The number of hydrogen-bond acceptors (Lipinski definition) is 4. The van der Waals surface area contributed by atoms with Crippen LogP contribution in [0, 0.1) is 5.92 Å². The van der Waals surface area contributed by atoms with Crippen LogP contribution in [0.1, 0.15) is 39.4 Å². The van der Waals surface area contributed by atoms with Crippen LogP contribution in [0.3, 0.4) is 0 Å². The van der Waals surface area contributed by atoms with Crippen molar-refractivity contribution >= 4 is 5.91 Å². The van der Waals surface area contributed by atoms with Crippen LogP contribution in [0.4, 0.5) is 0 Å². The maximum absolute atomic E-state index is 12.2. The third-order valence-corrected chi connectivity index (χ3v) is 3.59. The minimum atomic E-state index is -0.169. The molecule has 1 aromatic rings. The molecule has 0 bridgehead atoms. The van der Waals surface area contributed by atoms with Crippen LogP contribution in [0.15, 0.2) is 6.33 Å². The third-order valence-electron chi connectivity index (χ3n) is 3.59. The maximum Gasteiger partial charge on any atom is 0.239 e. The molecule has 1 unspecified atom stereocenters. The van der Waals surface area contributed by atoms with Gasteiger partial charge in [-0.05, 0) is 25.7 Å². The van der Waals surface area contributed by atoms with Gasteiger partial charge in [0.15, 0.2) is 0 Å². The summed E-state index contributed by atoms with van der Waals surface area (Å²) < 4.78 is 1.91. The lowest BCUT2D eigenvalue weighted by atomic mass is 10.2. The van der Waals surface area contributed by atoms with Crippen LogP contribution in [0.5, 0.6) is 0 Å². The number of amides is 1. The molecule has 0 aromatic carbocycles. The van der Waals surface area contributed by atoms with Crippen molar-refractivity contribution in [1.29, 1.82) is 0 Å². The number of hydrogen-bond donors (Lipinski definition) is 1. The molecule has 6 heteroatoms. The first-order valence-corrected chi connectivity index (χ1v) is 7.46. The quantitative estimate of drug-likeness (QED) is 0.845. The molecule has 0 aliphatic carbocycles. The Labute approximate surface area is 120 Å². The van der Waals surface area contributed by atoms with E-state index < -0.39 is 0 Å². The van der Waals surface area contributed by atoms with Crippen LogP contribution in [0.2, 0.25) is 0 Å². The van der Waals surface area contributed by atoms with Crippen LogP contribution in [-0.4, -0.2) is 44.7 Å². The van der Waals surface area contributed by atoms with E-state index in [1.54, 1.807) is 6.33 Å². The minimum absolute atomic E-state index is 0.169. The van der Waals surface area contributed by atoms with Gasteiger partial charge in [0.2, 0.25) is 5.91 Å². The largest absolute Gasteiger partial charge is 0.341 e. The normalized spacial score (nSPS) is 16.9. The van der Waals surface area contributed by atoms with Gasteiger partial charge in [-0.2, -0.15) is 5.10 Å². The molecule has 1 fully saturated rings. The summed E-state index contributed by atoms with van der Waals surface area (Å²) in [5, 5.41) is 7.49. The second-order valence-corrected chi connectivity index (χ2v) is 5.89. The Morgan fingerprint density at radius 2 is 2.05 bits per heavy atom. The first-order valence-electron chi connectivity index (χ1n) is 7.46. The van der Waals surface area contributed by atoms with E-state index in [1.165, 1.54) is 0 Å². The van der Waals surface area contributed by atoms with Crippen molar-refractivity contribution in [2.24, 2.45) is 5.92 Å². The Morgan fingerprint density at radius 1 is 1.35 bits per heavy atom. The topological polar surface area (TPSA) is 63.1 Å². The Morgan fingerprint density at radius 3 is 2.70 bits per heavy atom. The monoisotopic (exact) mass is 279 g/mol. The number of likely N-dealkylation sites (tertiary alicyclic amines) is 1. The lowest BCUT2D eigenvalue weighted by molar-refractivity contribution is -0.132. The van der Waals surface area contributed by atoms with Crippen molar-refractivity contribution < 1.29 is 4.79 Å². The number of rotatable bonds is 6. The minimum Gasteiger partial charge on any atom is -0.341 e. The van der Waals surface area contributed by atoms with Gasteiger partial charge in [0.1, 0.15) is 12.2 Å². The van der Waals surface area contributed by atoms with Gasteiger partial charge in [-0.3, -0.25) is 10.1 Å². The summed E-state index contributed by atoms with van der Waals surface area (Å²) in [6.07, 6.45) is 3.83. The van der Waals surface area contributed by atoms with Crippen molar-refractivity contribution in [3.63, 3.8) is 0 Å². The van der Waals surface area contributed by atoms with Gasteiger partial charge in [-0.1, -0.05) is 13.8 Å². The van der Waals surface area contributed by atoms with Crippen LogP contribution in [-0.2, 0) is 17.9 Å². The van der Waals surface area contributed by atoms with Crippen molar-refractivity contribution in [3.05, 3.63) is 12.2 Å². The Bertz CT molecular complexity index is 437. The molecule has 1 amide bonds.